The number of anilines is 1. The molecule has 9 heteroatoms. The highest BCUT2D eigenvalue weighted by molar-refractivity contribution is 6.03. The second kappa shape index (κ2) is 6.73. The summed E-state index contributed by atoms with van der Waals surface area (Å²) in [5.74, 6) is -0.867. The molecular formula is C21H21FN4O4. The first-order valence-corrected chi connectivity index (χ1v) is 9.86. The molecule has 3 aliphatic rings. The van der Waals surface area contributed by atoms with Crippen molar-refractivity contribution >= 4 is 17.5 Å². The molecule has 2 bridgehead atoms. The highest BCUT2D eigenvalue weighted by atomic mass is 19.1. The molecule has 2 fully saturated rings. The van der Waals surface area contributed by atoms with Gasteiger partial charge in [-0.3, -0.25) is 9.59 Å². The summed E-state index contributed by atoms with van der Waals surface area (Å²) in [5.41, 5.74) is -0.222. The van der Waals surface area contributed by atoms with Crippen molar-refractivity contribution in [1.29, 1.82) is 0 Å². The monoisotopic (exact) mass is 412 g/mol. The molecule has 1 aromatic heterocycles. The maximum Gasteiger partial charge on any atom is 0.234 e. The Balaban J connectivity index is 1.35. The zero-order valence-electron chi connectivity index (χ0n) is 16.6. The quantitative estimate of drug-likeness (QED) is 0.692. The minimum atomic E-state index is -0.817. The molecule has 30 heavy (non-hydrogen) atoms. The van der Waals surface area contributed by atoms with E-state index in [1.54, 1.807) is 35.9 Å². The Labute approximate surface area is 172 Å². The van der Waals surface area contributed by atoms with Crippen LogP contribution in [-0.2, 0) is 20.7 Å². The molecule has 0 N–H and O–H groups in total. The van der Waals surface area contributed by atoms with Crippen molar-refractivity contribution in [1.82, 2.24) is 15.0 Å². The number of aromatic nitrogens is 2. The topological polar surface area (TPSA) is 88.8 Å². The summed E-state index contributed by atoms with van der Waals surface area (Å²) >= 11 is 0. The molecule has 8 nitrogen and oxygen atoms in total. The lowest BCUT2D eigenvalue weighted by atomic mass is 9.76. The number of hydrogen-bond donors (Lipinski definition) is 0. The number of halogens is 1. The minimum absolute atomic E-state index is 0.147. The predicted octanol–water partition coefficient (Wildman–Crippen LogP) is 1.50. The van der Waals surface area contributed by atoms with Crippen molar-refractivity contribution in [2.45, 2.75) is 25.0 Å². The third-order valence-corrected chi connectivity index (χ3v) is 6.14. The number of aryl methyl sites for hydroxylation is 1. The average molecular weight is 412 g/mol. The van der Waals surface area contributed by atoms with Gasteiger partial charge in [0.15, 0.2) is 5.82 Å². The van der Waals surface area contributed by atoms with Gasteiger partial charge in [0, 0.05) is 32.6 Å². The maximum atomic E-state index is 13.3. The van der Waals surface area contributed by atoms with Crippen LogP contribution in [0.1, 0.15) is 11.7 Å². The third kappa shape index (κ3) is 2.84. The first kappa shape index (κ1) is 18.9. The molecule has 5 rings (SSSR count). The van der Waals surface area contributed by atoms with E-state index in [0.717, 1.165) is 0 Å². The molecule has 1 spiro atoms. The largest absolute Gasteiger partial charge is 0.360 e. The van der Waals surface area contributed by atoms with Crippen molar-refractivity contribution < 1.29 is 23.2 Å². The Morgan fingerprint density at radius 3 is 2.83 bits per heavy atom. The van der Waals surface area contributed by atoms with Crippen LogP contribution in [0.15, 0.2) is 40.9 Å². The van der Waals surface area contributed by atoms with Crippen LogP contribution < -0.4 is 4.90 Å². The SMILES string of the molecule is Cc1nc(CCN(C)C(=O)[C@@H]2[C@@H]3C=C[C@@]4(CN(c5ccc(F)cc5)C(=O)[C@@H]24)O3)no1. The van der Waals surface area contributed by atoms with E-state index in [2.05, 4.69) is 10.1 Å². The number of nitrogens with zero attached hydrogens (tertiary/aromatic N) is 4. The molecule has 0 radical (unpaired) electrons. The number of amides is 2. The van der Waals surface area contributed by atoms with Gasteiger partial charge in [-0.15, -0.1) is 0 Å². The lowest BCUT2D eigenvalue weighted by molar-refractivity contribution is -0.139. The second-order valence-corrected chi connectivity index (χ2v) is 8.04. The van der Waals surface area contributed by atoms with Crippen molar-refractivity contribution in [2.24, 2.45) is 11.8 Å². The standard InChI is InChI=1S/C21H21FN4O4/c1-12-23-16(24-30-12)8-10-25(2)19(27)17-15-7-9-21(29-15)11-26(20(28)18(17)21)14-5-3-13(22)4-6-14/h3-7,9,15,17-18H,8,10-11H2,1-2H3/t15-,17+,18+,21-/m0/s1. The zero-order chi connectivity index (χ0) is 21.0. The van der Waals surface area contributed by atoms with E-state index in [4.69, 9.17) is 9.26 Å². The Kier molecular flexibility index (Phi) is 4.25. The molecule has 0 aliphatic carbocycles. The van der Waals surface area contributed by atoms with Crippen LogP contribution in [-0.4, -0.2) is 58.7 Å². The fourth-order valence-electron chi connectivity index (χ4n) is 4.70. The third-order valence-electron chi connectivity index (χ3n) is 6.14. The van der Waals surface area contributed by atoms with Crippen LogP contribution in [0.3, 0.4) is 0 Å². The first-order chi connectivity index (χ1) is 14.4. The number of rotatable bonds is 5. The van der Waals surface area contributed by atoms with E-state index in [1.807, 2.05) is 12.2 Å². The Hall–Kier alpha value is -3.07. The summed E-state index contributed by atoms with van der Waals surface area (Å²) in [5, 5.41) is 3.85. The van der Waals surface area contributed by atoms with Crippen LogP contribution in [0.2, 0.25) is 0 Å². The molecular weight excluding hydrogens is 391 g/mol. The molecule has 2 saturated heterocycles. The second-order valence-electron chi connectivity index (χ2n) is 8.04. The summed E-state index contributed by atoms with van der Waals surface area (Å²) in [6, 6.07) is 5.77. The average Bonchev–Trinajstić information content (AvgIpc) is 3.47. The van der Waals surface area contributed by atoms with Gasteiger partial charge in [-0.25, -0.2) is 4.39 Å². The van der Waals surface area contributed by atoms with Gasteiger partial charge in [0.1, 0.15) is 11.4 Å². The fourth-order valence-corrected chi connectivity index (χ4v) is 4.70. The number of hydrogen-bond acceptors (Lipinski definition) is 6. The van der Waals surface area contributed by atoms with Gasteiger partial charge < -0.3 is 19.1 Å². The number of carbonyl (C=O) groups is 2. The summed E-state index contributed by atoms with van der Waals surface area (Å²) in [6.45, 7) is 2.42. The molecule has 0 saturated carbocycles. The Morgan fingerprint density at radius 2 is 2.13 bits per heavy atom. The van der Waals surface area contributed by atoms with Crippen molar-refractivity contribution in [3.63, 3.8) is 0 Å². The maximum absolute atomic E-state index is 13.3. The van der Waals surface area contributed by atoms with E-state index < -0.39 is 23.5 Å². The van der Waals surface area contributed by atoms with E-state index in [1.165, 1.54) is 12.1 Å². The van der Waals surface area contributed by atoms with Crippen LogP contribution in [0.4, 0.5) is 10.1 Å². The van der Waals surface area contributed by atoms with Crippen LogP contribution in [0.5, 0.6) is 0 Å². The highest BCUT2D eigenvalue weighted by Crippen LogP contribution is 2.53. The van der Waals surface area contributed by atoms with Crippen molar-refractivity contribution in [2.75, 3.05) is 25.0 Å². The number of likely N-dealkylation sites (N-methyl/N-ethyl adjacent to an activating group) is 1. The number of ether oxygens (including phenoxy) is 1. The molecule has 156 valence electrons. The molecule has 4 heterocycles. The van der Waals surface area contributed by atoms with Crippen molar-refractivity contribution in [3.8, 4) is 0 Å². The number of carbonyl (C=O) groups excluding carboxylic acids is 2. The van der Waals surface area contributed by atoms with E-state index in [-0.39, 0.29) is 17.6 Å². The van der Waals surface area contributed by atoms with Gasteiger partial charge in [0.05, 0.1) is 24.5 Å². The molecule has 2 amide bonds. The smallest absolute Gasteiger partial charge is 0.234 e. The summed E-state index contributed by atoms with van der Waals surface area (Å²) in [7, 11) is 1.70. The normalized spacial score (nSPS) is 29.0. The van der Waals surface area contributed by atoms with Gasteiger partial charge in [0.25, 0.3) is 0 Å². The Morgan fingerprint density at radius 1 is 1.37 bits per heavy atom. The lowest BCUT2D eigenvalue weighted by Gasteiger charge is -2.27. The van der Waals surface area contributed by atoms with E-state index in [9.17, 15) is 14.0 Å². The van der Waals surface area contributed by atoms with E-state index >= 15 is 0 Å². The molecule has 3 aliphatic heterocycles. The summed E-state index contributed by atoms with van der Waals surface area (Å²) in [4.78, 5) is 33.9. The first-order valence-electron chi connectivity index (χ1n) is 9.86. The molecule has 1 aromatic carbocycles. The summed E-state index contributed by atoms with van der Waals surface area (Å²) < 4.78 is 24.4. The van der Waals surface area contributed by atoms with Gasteiger partial charge in [0.2, 0.25) is 17.7 Å². The van der Waals surface area contributed by atoms with Crippen LogP contribution in [0, 0.1) is 24.6 Å². The van der Waals surface area contributed by atoms with Crippen LogP contribution >= 0.6 is 0 Å². The minimum Gasteiger partial charge on any atom is -0.360 e. The molecule has 0 unspecified atom stereocenters. The van der Waals surface area contributed by atoms with Gasteiger partial charge in [-0.2, -0.15) is 4.98 Å². The van der Waals surface area contributed by atoms with Gasteiger partial charge in [-0.1, -0.05) is 17.3 Å². The zero-order valence-corrected chi connectivity index (χ0v) is 16.6. The highest BCUT2D eigenvalue weighted by Gasteiger charge is 2.67. The van der Waals surface area contributed by atoms with Gasteiger partial charge >= 0.3 is 0 Å². The predicted molar refractivity (Wildman–Crippen MR) is 103 cm³/mol. The number of fused-ring (bicyclic) bond motifs is 1. The van der Waals surface area contributed by atoms with E-state index in [0.29, 0.717) is 36.9 Å². The Bertz CT molecular complexity index is 1040. The van der Waals surface area contributed by atoms with Crippen molar-refractivity contribution in [3.05, 3.63) is 53.9 Å². The fraction of sp³-hybridized carbons (Fsp3) is 0.429. The summed E-state index contributed by atoms with van der Waals surface area (Å²) in [6.07, 6.45) is 3.81. The van der Waals surface area contributed by atoms with Gasteiger partial charge in [-0.05, 0) is 24.3 Å². The lowest BCUT2D eigenvalue weighted by Crippen LogP contribution is -2.45. The number of benzene rings is 1. The van der Waals surface area contributed by atoms with Crippen LogP contribution in [0.25, 0.3) is 0 Å². The molecule has 4 atom stereocenters. The molecule has 2 aromatic rings.